The molecule has 0 amide bonds. The lowest BCUT2D eigenvalue weighted by Crippen LogP contribution is -2.18. The van der Waals surface area contributed by atoms with E-state index in [-0.39, 0.29) is 16.7 Å². The topological polar surface area (TPSA) is 44.9 Å². The van der Waals surface area contributed by atoms with Crippen LogP contribution in [-0.2, 0) is 6.54 Å². The highest BCUT2D eigenvalue weighted by Crippen LogP contribution is 2.13. The SMILES string of the molecule is CC(NCc1csc(=O)[nH]1)c1ccc(F)cc1. The van der Waals surface area contributed by atoms with Crippen LogP contribution in [0, 0.1) is 5.82 Å². The number of aromatic nitrogens is 1. The molecule has 1 aromatic carbocycles. The fraction of sp³-hybridized carbons (Fsp3) is 0.250. The van der Waals surface area contributed by atoms with Crippen LogP contribution in [0.3, 0.4) is 0 Å². The van der Waals surface area contributed by atoms with Crippen molar-refractivity contribution >= 4 is 11.3 Å². The Kier molecular flexibility index (Phi) is 3.71. The molecular weight excluding hydrogens is 239 g/mol. The molecule has 0 radical (unpaired) electrons. The predicted molar refractivity (Wildman–Crippen MR) is 66.6 cm³/mol. The predicted octanol–water partition coefficient (Wildman–Crippen LogP) is 2.43. The van der Waals surface area contributed by atoms with Crippen LogP contribution in [0.5, 0.6) is 0 Å². The molecule has 90 valence electrons. The Morgan fingerprint density at radius 2 is 2.12 bits per heavy atom. The highest BCUT2D eigenvalue weighted by Gasteiger charge is 2.05. The normalized spacial score (nSPS) is 12.6. The van der Waals surface area contributed by atoms with Crippen LogP contribution in [0.4, 0.5) is 4.39 Å². The first kappa shape index (κ1) is 12.0. The number of H-pyrrole nitrogens is 1. The first-order valence-corrected chi connectivity index (χ1v) is 6.18. The van der Waals surface area contributed by atoms with Gasteiger partial charge in [-0.1, -0.05) is 23.5 Å². The highest BCUT2D eigenvalue weighted by molar-refractivity contribution is 7.07. The third kappa shape index (κ3) is 3.25. The summed E-state index contributed by atoms with van der Waals surface area (Å²) in [4.78, 5) is 13.6. The summed E-state index contributed by atoms with van der Waals surface area (Å²) in [6.07, 6.45) is 0. The largest absolute Gasteiger partial charge is 0.315 e. The van der Waals surface area contributed by atoms with E-state index >= 15 is 0 Å². The minimum atomic E-state index is -0.233. The molecule has 1 aromatic heterocycles. The Hall–Kier alpha value is -1.46. The first-order valence-electron chi connectivity index (χ1n) is 5.30. The molecule has 0 fully saturated rings. The number of thiazole rings is 1. The number of benzene rings is 1. The third-order valence-corrected chi connectivity index (χ3v) is 3.26. The number of rotatable bonds is 4. The summed E-state index contributed by atoms with van der Waals surface area (Å²) >= 11 is 1.15. The number of hydrogen-bond acceptors (Lipinski definition) is 3. The van der Waals surface area contributed by atoms with Gasteiger partial charge in [-0.2, -0.15) is 0 Å². The van der Waals surface area contributed by atoms with Crippen LogP contribution >= 0.6 is 11.3 Å². The molecule has 2 rings (SSSR count). The van der Waals surface area contributed by atoms with Gasteiger partial charge in [-0.25, -0.2) is 4.39 Å². The zero-order chi connectivity index (χ0) is 12.3. The van der Waals surface area contributed by atoms with E-state index in [1.54, 1.807) is 17.5 Å². The van der Waals surface area contributed by atoms with Crippen molar-refractivity contribution < 1.29 is 4.39 Å². The summed E-state index contributed by atoms with van der Waals surface area (Å²) < 4.78 is 12.7. The lowest BCUT2D eigenvalue weighted by Gasteiger charge is -2.13. The summed E-state index contributed by atoms with van der Waals surface area (Å²) in [6.45, 7) is 2.59. The highest BCUT2D eigenvalue weighted by atomic mass is 32.1. The monoisotopic (exact) mass is 252 g/mol. The molecule has 0 saturated heterocycles. The Balaban J connectivity index is 1.95. The second kappa shape index (κ2) is 5.25. The Bertz CT molecular complexity index is 532. The van der Waals surface area contributed by atoms with Crippen molar-refractivity contribution in [3.05, 3.63) is 56.4 Å². The van der Waals surface area contributed by atoms with E-state index in [4.69, 9.17) is 0 Å². The molecule has 2 N–H and O–H groups in total. The van der Waals surface area contributed by atoms with Gasteiger partial charge in [0.25, 0.3) is 0 Å². The molecule has 0 bridgehead atoms. The van der Waals surface area contributed by atoms with E-state index in [1.165, 1.54) is 12.1 Å². The van der Waals surface area contributed by atoms with Crippen LogP contribution < -0.4 is 10.2 Å². The lowest BCUT2D eigenvalue weighted by atomic mass is 10.1. The van der Waals surface area contributed by atoms with Gasteiger partial charge in [0.15, 0.2) is 0 Å². The van der Waals surface area contributed by atoms with E-state index in [0.717, 1.165) is 22.6 Å². The van der Waals surface area contributed by atoms with Crippen molar-refractivity contribution in [1.82, 2.24) is 10.3 Å². The quantitative estimate of drug-likeness (QED) is 0.877. The van der Waals surface area contributed by atoms with E-state index in [1.807, 2.05) is 6.92 Å². The average molecular weight is 252 g/mol. The molecule has 3 nitrogen and oxygen atoms in total. The van der Waals surface area contributed by atoms with Crippen LogP contribution in [0.15, 0.2) is 34.4 Å². The van der Waals surface area contributed by atoms with Gasteiger partial charge < -0.3 is 10.3 Å². The van der Waals surface area contributed by atoms with Gasteiger partial charge in [0, 0.05) is 23.7 Å². The van der Waals surface area contributed by atoms with Gasteiger partial charge in [0.2, 0.25) is 0 Å². The molecule has 17 heavy (non-hydrogen) atoms. The smallest absolute Gasteiger partial charge is 0.304 e. The van der Waals surface area contributed by atoms with Crippen molar-refractivity contribution in [1.29, 1.82) is 0 Å². The maximum absolute atomic E-state index is 12.7. The van der Waals surface area contributed by atoms with Crippen LogP contribution in [0.1, 0.15) is 24.2 Å². The fourth-order valence-electron chi connectivity index (χ4n) is 1.53. The minimum absolute atomic E-state index is 0.0452. The van der Waals surface area contributed by atoms with Crippen LogP contribution in [0.2, 0.25) is 0 Å². The maximum atomic E-state index is 12.7. The van der Waals surface area contributed by atoms with E-state index in [0.29, 0.717) is 6.54 Å². The molecular formula is C12H13FN2OS. The Labute approximate surface area is 102 Å². The van der Waals surface area contributed by atoms with E-state index in [9.17, 15) is 9.18 Å². The van der Waals surface area contributed by atoms with Gasteiger partial charge in [-0.15, -0.1) is 0 Å². The van der Waals surface area contributed by atoms with Crippen LogP contribution in [0.25, 0.3) is 0 Å². The number of nitrogens with one attached hydrogen (secondary N) is 2. The molecule has 0 saturated carbocycles. The molecule has 0 aliphatic rings. The Morgan fingerprint density at radius 1 is 1.41 bits per heavy atom. The van der Waals surface area contributed by atoms with Crippen molar-refractivity contribution in [3.63, 3.8) is 0 Å². The standard InChI is InChI=1S/C12H13FN2OS/c1-8(9-2-4-10(13)5-3-9)14-6-11-7-17-12(16)15-11/h2-5,7-8,14H,6H2,1H3,(H,15,16). The van der Waals surface area contributed by atoms with Gasteiger partial charge in [-0.3, -0.25) is 4.79 Å². The molecule has 1 unspecified atom stereocenters. The average Bonchev–Trinajstić information content (AvgIpc) is 2.73. The van der Waals surface area contributed by atoms with Gasteiger partial charge in [0.1, 0.15) is 5.82 Å². The van der Waals surface area contributed by atoms with Crippen molar-refractivity contribution in [2.75, 3.05) is 0 Å². The maximum Gasteiger partial charge on any atom is 0.304 e. The third-order valence-electron chi connectivity index (χ3n) is 2.54. The molecule has 2 aromatic rings. The molecule has 1 atom stereocenters. The van der Waals surface area contributed by atoms with Gasteiger partial charge in [-0.05, 0) is 24.6 Å². The fourth-order valence-corrected chi connectivity index (χ4v) is 2.11. The second-order valence-electron chi connectivity index (χ2n) is 3.83. The van der Waals surface area contributed by atoms with Crippen LogP contribution in [-0.4, -0.2) is 4.98 Å². The van der Waals surface area contributed by atoms with E-state index in [2.05, 4.69) is 10.3 Å². The summed E-state index contributed by atoms with van der Waals surface area (Å²) in [5.41, 5.74) is 1.89. The molecule has 0 aliphatic heterocycles. The number of hydrogen-bond donors (Lipinski definition) is 2. The molecule has 0 spiro atoms. The van der Waals surface area contributed by atoms with Gasteiger partial charge in [0.05, 0.1) is 0 Å². The van der Waals surface area contributed by atoms with Gasteiger partial charge >= 0.3 is 4.87 Å². The lowest BCUT2D eigenvalue weighted by molar-refractivity contribution is 0.565. The summed E-state index contributed by atoms with van der Waals surface area (Å²) in [5.74, 6) is -0.233. The summed E-state index contributed by atoms with van der Waals surface area (Å²) in [5, 5.41) is 5.06. The van der Waals surface area contributed by atoms with Crippen molar-refractivity contribution in [2.24, 2.45) is 0 Å². The molecule has 5 heteroatoms. The zero-order valence-electron chi connectivity index (χ0n) is 9.37. The number of halogens is 1. The summed E-state index contributed by atoms with van der Waals surface area (Å²) in [7, 11) is 0. The molecule has 0 aliphatic carbocycles. The first-order chi connectivity index (χ1) is 8.15. The van der Waals surface area contributed by atoms with Crippen molar-refractivity contribution in [3.8, 4) is 0 Å². The van der Waals surface area contributed by atoms with E-state index < -0.39 is 0 Å². The molecule has 1 heterocycles. The zero-order valence-corrected chi connectivity index (χ0v) is 10.2. The second-order valence-corrected chi connectivity index (χ2v) is 4.67. The summed E-state index contributed by atoms with van der Waals surface area (Å²) in [6, 6.07) is 6.51. The number of aromatic amines is 1. The Morgan fingerprint density at radius 3 is 2.71 bits per heavy atom. The minimum Gasteiger partial charge on any atom is -0.315 e. The van der Waals surface area contributed by atoms with Crippen molar-refractivity contribution in [2.45, 2.75) is 19.5 Å².